The number of benzene rings is 1. The van der Waals surface area contributed by atoms with Crippen LogP contribution in [-0.2, 0) is 17.6 Å². The topological polar surface area (TPSA) is 81.9 Å². The zero-order chi connectivity index (χ0) is 18.4. The van der Waals surface area contributed by atoms with E-state index >= 15 is 0 Å². The third kappa shape index (κ3) is 2.86. The molecule has 1 saturated heterocycles. The predicted molar refractivity (Wildman–Crippen MR) is 97.3 cm³/mol. The van der Waals surface area contributed by atoms with E-state index < -0.39 is 0 Å². The molecular formula is C19H18FN5O2. The van der Waals surface area contributed by atoms with Gasteiger partial charge in [-0.05, 0) is 43.0 Å². The molecule has 1 aliphatic carbocycles. The van der Waals surface area contributed by atoms with Crippen LogP contribution in [0.15, 0.2) is 35.4 Å². The molecule has 1 aromatic carbocycles. The molecule has 3 heterocycles. The van der Waals surface area contributed by atoms with Gasteiger partial charge in [0.1, 0.15) is 24.0 Å². The molecular weight excluding hydrogens is 349 g/mol. The normalized spacial score (nSPS) is 21.5. The summed E-state index contributed by atoms with van der Waals surface area (Å²) in [6.07, 6.45) is 4.29. The first kappa shape index (κ1) is 16.3. The number of aryl methyl sites for hydroxylation is 2. The summed E-state index contributed by atoms with van der Waals surface area (Å²) in [5, 5.41) is 8.50. The fourth-order valence-electron chi connectivity index (χ4n) is 3.89. The van der Waals surface area contributed by atoms with Gasteiger partial charge < -0.3 is 10.1 Å². The molecule has 3 aromatic rings. The van der Waals surface area contributed by atoms with Gasteiger partial charge in [0.2, 0.25) is 0 Å². The number of ether oxygens (including phenoxy) is 1. The molecule has 138 valence electrons. The van der Waals surface area contributed by atoms with Crippen molar-refractivity contribution < 1.29 is 9.13 Å². The minimum atomic E-state index is -0.351. The van der Waals surface area contributed by atoms with Crippen LogP contribution in [0.4, 0.5) is 10.2 Å². The van der Waals surface area contributed by atoms with Gasteiger partial charge in [0, 0.05) is 11.5 Å². The molecule has 2 aromatic heterocycles. The molecule has 1 N–H and O–H groups in total. The second-order valence-corrected chi connectivity index (χ2v) is 6.99. The number of nitrogens with one attached hydrogen (secondary N) is 1. The highest BCUT2D eigenvalue weighted by molar-refractivity contribution is 5.88. The smallest absolute Gasteiger partial charge is 0.267 e. The molecule has 7 nitrogen and oxygen atoms in total. The average molecular weight is 367 g/mol. The number of anilines is 1. The first-order valence-electron chi connectivity index (χ1n) is 9.05. The van der Waals surface area contributed by atoms with Crippen LogP contribution in [0.5, 0.6) is 0 Å². The second-order valence-electron chi connectivity index (χ2n) is 6.99. The highest BCUT2D eigenvalue weighted by atomic mass is 19.1. The zero-order valence-corrected chi connectivity index (χ0v) is 14.6. The minimum Gasteiger partial charge on any atom is -0.377 e. The van der Waals surface area contributed by atoms with E-state index in [1.54, 1.807) is 12.1 Å². The van der Waals surface area contributed by atoms with Crippen molar-refractivity contribution in [1.82, 2.24) is 19.7 Å². The van der Waals surface area contributed by atoms with Crippen molar-refractivity contribution >= 4 is 16.7 Å². The molecule has 2 atom stereocenters. The summed E-state index contributed by atoms with van der Waals surface area (Å²) in [4.78, 5) is 21.0. The van der Waals surface area contributed by atoms with E-state index in [0.717, 1.165) is 30.5 Å². The summed E-state index contributed by atoms with van der Waals surface area (Å²) in [6, 6.07) is 5.64. The maximum Gasteiger partial charge on any atom is 0.267 e. The highest BCUT2D eigenvalue weighted by Crippen LogP contribution is 2.26. The lowest BCUT2D eigenvalue weighted by atomic mass is 10.1. The largest absolute Gasteiger partial charge is 0.377 e. The number of nitrogens with zero attached hydrogens (tertiary/aromatic N) is 4. The van der Waals surface area contributed by atoms with Crippen LogP contribution >= 0.6 is 0 Å². The Kier molecular flexibility index (Phi) is 3.86. The Balaban J connectivity index is 1.50. The third-order valence-electron chi connectivity index (χ3n) is 5.27. The maximum absolute atomic E-state index is 13.7. The lowest BCUT2D eigenvalue weighted by molar-refractivity contribution is 0.182. The Labute approximate surface area is 154 Å². The molecule has 0 bridgehead atoms. The molecule has 0 amide bonds. The molecule has 0 radical (unpaired) electrons. The number of hydrogen-bond acceptors (Lipinski definition) is 6. The van der Waals surface area contributed by atoms with Crippen LogP contribution < -0.4 is 10.9 Å². The summed E-state index contributed by atoms with van der Waals surface area (Å²) in [5.41, 5.74) is 2.58. The van der Waals surface area contributed by atoms with Gasteiger partial charge >= 0.3 is 0 Å². The molecule has 8 heteroatoms. The standard InChI is InChI=1S/C19H18FN5O2/c20-12-4-5-15-13(7-12)19(22-10-21-15)23-16-8-27-9-17(16)25-18(26)6-11-2-1-3-14(11)24-25/h4-7,10,16-17H,1-3,8-9H2,(H,21,22,23). The zero-order valence-electron chi connectivity index (χ0n) is 14.6. The van der Waals surface area contributed by atoms with Crippen LogP contribution in [0.3, 0.4) is 0 Å². The molecule has 1 fully saturated rings. The fraction of sp³-hybridized carbons (Fsp3) is 0.368. The van der Waals surface area contributed by atoms with Crippen molar-refractivity contribution in [1.29, 1.82) is 0 Å². The fourth-order valence-corrected chi connectivity index (χ4v) is 3.89. The number of rotatable bonds is 3. The van der Waals surface area contributed by atoms with Gasteiger partial charge in [0.15, 0.2) is 0 Å². The van der Waals surface area contributed by atoms with Crippen LogP contribution in [0.25, 0.3) is 10.9 Å². The number of fused-ring (bicyclic) bond motifs is 2. The van der Waals surface area contributed by atoms with Gasteiger partial charge in [-0.1, -0.05) is 0 Å². The van der Waals surface area contributed by atoms with Crippen LogP contribution in [0.2, 0.25) is 0 Å². The second kappa shape index (κ2) is 6.38. The van der Waals surface area contributed by atoms with Crippen molar-refractivity contribution in [3.63, 3.8) is 0 Å². The van der Waals surface area contributed by atoms with E-state index in [1.807, 2.05) is 0 Å². The van der Waals surface area contributed by atoms with Gasteiger partial charge in [-0.25, -0.2) is 19.0 Å². The van der Waals surface area contributed by atoms with Gasteiger partial charge in [-0.3, -0.25) is 4.79 Å². The van der Waals surface area contributed by atoms with Crippen LogP contribution in [0.1, 0.15) is 23.7 Å². The molecule has 2 unspecified atom stereocenters. The lowest BCUT2D eigenvalue weighted by Crippen LogP contribution is -2.38. The number of halogens is 1. The summed E-state index contributed by atoms with van der Waals surface area (Å²) in [7, 11) is 0. The molecule has 27 heavy (non-hydrogen) atoms. The van der Waals surface area contributed by atoms with Crippen molar-refractivity contribution in [3.8, 4) is 0 Å². The summed E-state index contributed by atoms with van der Waals surface area (Å²) in [5.74, 6) is 0.172. The molecule has 5 rings (SSSR count). The number of hydrogen-bond donors (Lipinski definition) is 1. The minimum absolute atomic E-state index is 0.114. The van der Waals surface area contributed by atoms with Crippen molar-refractivity contribution in [2.45, 2.75) is 31.3 Å². The van der Waals surface area contributed by atoms with E-state index in [4.69, 9.17) is 4.74 Å². The maximum atomic E-state index is 13.7. The Bertz CT molecular complexity index is 1080. The van der Waals surface area contributed by atoms with E-state index in [-0.39, 0.29) is 23.5 Å². The first-order valence-corrected chi connectivity index (χ1v) is 9.05. The Morgan fingerprint density at radius 1 is 1.19 bits per heavy atom. The van der Waals surface area contributed by atoms with E-state index in [9.17, 15) is 9.18 Å². The average Bonchev–Trinajstić information content (AvgIpc) is 3.30. The third-order valence-corrected chi connectivity index (χ3v) is 5.27. The van der Waals surface area contributed by atoms with Gasteiger partial charge in [-0.2, -0.15) is 5.10 Å². The molecule has 2 aliphatic rings. The Morgan fingerprint density at radius 3 is 3.04 bits per heavy atom. The van der Waals surface area contributed by atoms with E-state index in [0.29, 0.717) is 29.9 Å². The van der Waals surface area contributed by atoms with Crippen molar-refractivity contribution in [2.75, 3.05) is 18.5 Å². The monoisotopic (exact) mass is 367 g/mol. The summed E-state index contributed by atoms with van der Waals surface area (Å²) in [6.45, 7) is 0.803. The lowest BCUT2D eigenvalue weighted by Gasteiger charge is -2.21. The van der Waals surface area contributed by atoms with E-state index in [2.05, 4.69) is 20.4 Å². The Morgan fingerprint density at radius 2 is 2.11 bits per heavy atom. The van der Waals surface area contributed by atoms with Crippen LogP contribution in [-0.4, -0.2) is 39.0 Å². The highest BCUT2D eigenvalue weighted by Gasteiger charge is 2.33. The van der Waals surface area contributed by atoms with Gasteiger partial charge in [0.05, 0.1) is 30.5 Å². The molecule has 0 spiro atoms. The van der Waals surface area contributed by atoms with Crippen LogP contribution in [0, 0.1) is 5.82 Å². The summed E-state index contributed by atoms with van der Waals surface area (Å²) >= 11 is 0. The summed E-state index contributed by atoms with van der Waals surface area (Å²) < 4.78 is 20.8. The molecule has 1 aliphatic heterocycles. The quantitative estimate of drug-likeness (QED) is 0.761. The molecule has 0 saturated carbocycles. The number of aromatic nitrogens is 4. The van der Waals surface area contributed by atoms with Crippen molar-refractivity contribution in [3.05, 3.63) is 58.0 Å². The first-order chi connectivity index (χ1) is 13.2. The van der Waals surface area contributed by atoms with Crippen molar-refractivity contribution in [2.24, 2.45) is 0 Å². The predicted octanol–water partition coefficient (Wildman–Crippen LogP) is 1.87. The van der Waals surface area contributed by atoms with Gasteiger partial charge in [-0.15, -0.1) is 0 Å². The SMILES string of the molecule is O=c1cc2c(nn1C1COCC1Nc1ncnc3ccc(F)cc13)CCC2. The van der Waals surface area contributed by atoms with Gasteiger partial charge in [0.25, 0.3) is 5.56 Å². The Hall–Kier alpha value is -2.87. The van der Waals surface area contributed by atoms with E-state index in [1.165, 1.54) is 23.1 Å².